The maximum atomic E-state index is 14.0. The van der Waals surface area contributed by atoms with E-state index in [9.17, 15) is 18.8 Å². The molecule has 2 aromatic rings. The Balaban J connectivity index is 1.57. The molecule has 0 aromatic heterocycles. The summed E-state index contributed by atoms with van der Waals surface area (Å²) < 4.78 is 24.9. The van der Waals surface area contributed by atoms with Crippen molar-refractivity contribution in [1.29, 1.82) is 0 Å². The molecule has 1 unspecified atom stereocenters. The molecule has 0 radical (unpaired) electrons. The van der Waals surface area contributed by atoms with Gasteiger partial charge >= 0.3 is 0 Å². The monoisotopic (exact) mass is 443 g/mol. The van der Waals surface area contributed by atoms with Gasteiger partial charge in [0, 0.05) is 18.5 Å². The first-order valence-corrected chi connectivity index (χ1v) is 10.4. The minimum atomic E-state index is -0.716. The summed E-state index contributed by atoms with van der Waals surface area (Å²) in [4.78, 5) is 38.4. The van der Waals surface area contributed by atoms with Crippen LogP contribution in [0.15, 0.2) is 42.5 Å². The lowest BCUT2D eigenvalue weighted by atomic mass is 10.1. The summed E-state index contributed by atoms with van der Waals surface area (Å²) in [5.41, 5.74) is 5.08. The van der Waals surface area contributed by atoms with Gasteiger partial charge in [-0.1, -0.05) is 25.5 Å². The van der Waals surface area contributed by atoms with Gasteiger partial charge in [-0.2, -0.15) is 0 Å². The van der Waals surface area contributed by atoms with Crippen molar-refractivity contribution in [1.82, 2.24) is 10.9 Å². The lowest BCUT2D eigenvalue weighted by molar-refractivity contribution is -0.126. The van der Waals surface area contributed by atoms with Crippen molar-refractivity contribution in [3.8, 4) is 11.5 Å². The van der Waals surface area contributed by atoms with Crippen LogP contribution >= 0.6 is 0 Å². The third kappa shape index (κ3) is 5.35. The van der Waals surface area contributed by atoms with Crippen molar-refractivity contribution in [3.63, 3.8) is 0 Å². The lowest BCUT2D eigenvalue weighted by Gasteiger charge is -2.17. The molecule has 1 fully saturated rings. The minimum absolute atomic E-state index is 0.0269. The molecule has 32 heavy (non-hydrogen) atoms. The van der Waals surface area contributed by atoms with Crippen LogP contribution in [0.25, 0.3) is 0 Å². The number of unbranched alkanes of at least 4 members (excludes halogenated alkanes) is 1. The molecule has 3 amide bonds. The van der Waals surface area contributed by atoms with Crippen LogP contribution in [-0.2, 0) is 9.59 Å². The Hall–Kier alpha value is -3.62. The third-order valence-electron chi connectivity index (χ3n) is 5.12. The summed E-state index contributed by atoms with van der Waals surface area (Å²) in [5, 5.41) is 0. The number of nitrogens with zero attached hydrogens (tertiary/aromatic N) is 1. The molecule has 2 aromatic carbocycles. The molecular formula is C23H26FN3O5. The number of rotatable bonds is 8. The number of nitrogens with one attached hydrogen (secondary N) is 2. The van der Waals surface area contributed by atoms with E-state index in [1.54, 1.807) is 18.2 Å². The summed E-state index contributed by atoms with van der Waals surface area (Å²) in [5.74, 6) is -1.76. The lowest BCUT2D eigenvalue weighted by Crippen LogP contribution is -2.45. The zero-order valence-electron chi connectivity index (χ0n) is 18.0. The number of hydrazine groups is 1. The Kier molecular flexibility index (Phi) is 7.64. The number of hydrogen-bond acceptors (Lipinski definition) is 5. The number of amides is 3. The van der Waals surface area contributed by atoms with Gasteiger partial charge in [0.05, 0.1) is 25.3 Å². The molecule has 1 aliphatic rings. The largest absolute Gasteiger partial charge is 0.493 e. The Labute approximate surface area is 185 Å². The number of carbonyl (C=O) groups excluding carboxylic acids is 3. The Morgan fingerprint density at radius 1 is 1.16 bits per heavy atom. The van der Waals surface area contributed by atoms with Gasteiger partial charge < -0.3 is 14.4 Å². The minimum Gasteiger partial charge on any atom is -0.493 e. The van der Waals surface area contributed by atoms with Crippen molar-refractivity contribution in [2.75, 3.05) is 25.2 Å². The van der Waals surface area contributed by atoms with Crippen LogP contribution in [0.4, 0.5) is 10.1 Å². The molecule has 3 rings (SSSR count). The highest BCUT2D eigenvalue weighted by Crippen LogP contribution is 2.29. The fourth-order valence-electron chi connectivity index (χ4n) is 3.33. The SMILES string of the molecule is CCCCOc1ccc(C(=O)NNC(=O)C2CC(=O)N(c3ccccc3F)C2)cc1OC. The van der Waals surface area contributed by atoms with Crippen molar-refractivity contribution in [2.45, 2.75) is 26.2 Å². The van der Waals surface area contributed by atoms with E-state index in [1.165, 1.54) is 36.3 Å². The Morgan fingerprint density at radius 2 is 1.94 bits per heavy atom. The summed E-state index contributed by atoms with van der Waals surface area (Å²) in [6.07, 6.45) is 1.82. The highest BCUT2D eigenvalue weighted by Gasteiger charge is 2.36. The van der Waals surface area contributed by atoms with Gasteiger partial charge in [-0.15, -0.1) is 0 Å². The quantitative estimate of drug-likeness (QED) is 0.483. The fraction of sp³-hybridized carbons (Fsp3) is 0.348. The summed E-state index contributed by atoms with van der Waals surface area (Å²) in [6.45, 7) is 2.62. The Bertz CT molecular complexity index is 997. The van der Waals surface area contributed by atoms with Crippen molar-refractivity contribution >= 4 is 23.4 Å². The molecule has 8 nitrogen and oxygen atoms in total. The average Bonchev–Trinajstić information content (AvgIpc) is 3.19. The van der Waals surface area contributed by atoms with E-state index in [1.807, 2.05) is 0 Å². The molecule has 1 heterocycles. The van der Waals surface area contributed by atoms with Gasteiger partial charge in [-0.3, -0.25) is 25.2 Å². The average molecular weight is 443 g/mol. The third-order valence-corrected chi connectivity index (χ3v) is 5.12. The van der Waals surface area contributed by atoms with E-state index >= 15 is 0 Å². The molecule has 1 saturated heterocycles. The second-order valence-corrected chi connectivity index (χ2v) is 7.37. The molecule has 1 atom stereocenters. The molecule has 1 aliphatic heterocycles. The second-order valence-electron chi connectivity index (χ2n) is 7.37. The summed E-state index contributed by atoms with van der Waals surface area (Å²) in [7, 11) is 1.48. The number of methoxy groups -OCH3 is 1. The van der Waals surface area contributed by atoms with Gasteiger partial charge in [0.25, 0.3) is 5.91 Å². The predicted molar refractivity (Wildman–Crippen MR) is 116 cm³/mol. The number of para-hydroxylation sites is 1. The van der Waals surface area contributed by atoms with Crippen molar-refractivity contribution in [2.24, 2.45) is 5.92 Å². The molecule has 9 heteroatoms. The number of benzene rings is 2. The second kappa shape index (κ2) is 10.6. The van der Waals surface area contributed by atoms with Crippen molar-refractivity contribution in [3.05, 3.63) is 53.8 Å². The van der Waals surface area contributed by atoms with E-state index in [4.69, 9.17) is 9.47 Å². The Morgan fingerprint density at radius 3 is 2.66 bits per heavy atom. The first-order chi connectivity index (χ1) is 15.4. The first kappa shape index (κ1) is 23.1. The standard InChI is InChI=1S/C23H26FN3O5/c1-3-4-11-32-19-10-9-15(12-20(19)31-2)22(29)25-26-23(30)16-13-21(28)27(14-16)18-8-6-5-7-17(18)24/h5-10,12,16H,3-4,11,13-14H2,1-2H3,(H,25,29)(H,26,30). The molecule has 170 valence electrons. The fourth-order valence-corrected chi connectivity index (χ4v) is 3.33. The van der Waals surface area contributed by atoms with Crippen LogP contribution in [0.5, 0.6) is 11.5 Å². The maximum Gasteiger partial charge on any atom is 0.269 e. The number of anilines is 1. The van der Waals surface area contributed by atoms with Gasteiger partial charge in [-0.05, 0) is 36.8 Å². The summed E-state index contributed by atoms with van der Waals surface area (Å²) in [6, 6.07) is 10.6. The zero-order valence-corrected chi connectivity index (χ0v) is 18.0. The highest BCUT2D eigenvalue weighted by atomic mass is 19.1. The van der Waals surface area contributed by atoms with Crippen LogP contribution in [0.3, 0.4) is 0 Å². The predicted octanol–water partition coefficient (Wildman–Crippen LogP) is 2.83. The van der Waals surface area contributed by atoms with Crippen LogP contribution in [0.1, 0.15) is 36.5 Å². The molecule has 0 saturated carbocycles. The number of halogens is 1. The van der Waals surface area contributed by atoms with Crippen LogP contribution in [0.2, 0.25) is 0 Å². The normalized spacial score (nSPS) is 15.4. The zero-order chi connectivity index (χ0) is 23.1. The van der Waals surface area contributed by atoms with Crippen LogP contribution in [0, 0.1) is 11.7 Å². The molecule has 0 spiro atoms. The van der Waals surface area contributed by atoms with Gasteiger partial charge in [0.1, 0.15) is 5.82 Å². The topological polar surface area (TPSA) is 97.0 Å². The number of carbonyl (C=O) groups is 3. The number of hydrogen-bond donors (Lipinski definition) is 2. The molecule has 0 bridgehead atoms. The maximum absolute atomic E-state index is 14.0. The van der Waals surface area contributed by atoms with Gasteiger partial charge in [0.15, 0.2) is 11.5 Å². The van der Waals surface area contributed by atoms with Gasteiger partial charge in [-0.25, -0.2) is 4.39 Å². The van der Waals surface area contributed by atoms with E-state index in [2.05, 4.69) is 17.8 Å². The van der Waals surface area contributed by atoms with E-state index in [0.717, 1.165) is 12.8 Å². The van der Waals surface area contributed by atoms with Crippen molar-refractivity contribution < 1.29 is 28.2 Å². The summed E-state index contributed by atoms with van der Waals surface area (Å²) >= 11 is 0. The first-order valence-electron chi connectivity index (χ1n) is 10.4. The van der Waals surface area contributed by atoms with Crippen LogP contribution < -0.4 is 25.2 Å². The molecule has 0 aliphatic carbocycles. The van der Waals surface area contributed by atoms with E-state index < -0.39 is 23.5 Å². The van der Waals surface area contributed by atoms with Gasteiger partial charge in [0.2, 0.25) is 11.8 Å². The van der Waals surface area contributed by atoms with Crippen LogP contribution in [-0.4, -0.2) is 38.0 Å². The number of ether oxygens (including phenoxy) is 2. The van der Waals surface area contributed by atoms with E-state index in [0.29, 0.717) is 18.1 Å². The highest BCUT2D eigenvalue weighted by molar-refractivity contribution is 6.01. The molecular weight excluding hydrogens is 417 g/mol. The van der Waals surface area contributed by atoms with E-state index in [-0.39, 0.29) is 30.1 Å². The molecule has 2 N–H and O–H groups in total. The smallest absolute Gasteiger partial charge is 0.269 e.